The van der Waals surface area contributed by atoms with E-state index in [-0.39, 0.29) is 0 Å². The highest BCUT2D eigenvalue weighted by atomic mass is 79.9. The standard InChI is InChI=1S/C14H13BrO2S/c1-9(14(16)17)11-4-2-10(3-5-11)6-13-7-12(15)8-18-13/h2-5,7-9H,6H2,1H3,(H,16,17). The van der Waals surface area contributed by atoms with Gasteiger partial charge in [-0.2, -0.15) is 0 Å². The Morgan fingerprint density at radius 3 is 2.56 bits per heavy atom. The number of hydrogen-bond acceptors (Lipinski definition) is 2. The first-order chi connectivity index (χ1) is 8.56. The fourth-order valence-corrected chi connectivity index (χ4v) is 3.20. The second-order valence-corrected chi connectivity index (χ2v) is 6.12. The maximum Gasteiger partial charge on any atom is 0.310 e. The average molecular weight is 325 g/mol. The minimum Gasteiger partial charge on any atom is -0.481 e. The molecule has 0 spiro atoms. The molecule has 1 N–H and O–H groups in total. The van der Waals surface area contributed by atoms with E-state index in [2.05, 4.69) is 27.4 Å². The van der Waals surface area contributed by atoms with Crippen molar-refractivity contribution >= 4 is 33.2 Å². The van der Waals surface area contributed by atoms with Crippen molar-refractivity contribution in [2.75, 3.05) is 0 Å². The molecule has 2 aromatic rings. The van der Waals surface area contributed by atoms with Crippen LogP contribution in [0.15, 0.2) is 40.2 Å². The summed E-state index contributed by atoms with van der Waals surface area (Å²) in [5, 5.41) is 11.0. The van der Waals surface area contributed by atoms with Gasteiger partial charge in [0.2, 0.25) is 0 Å². The summed E-state index contributed by atoms with van der Waals surface area (Å²) >= 11 is 5.16. The monoisotopic (exact) mass is 324 g/mol. The van der Waals surface area contributed by atoms with E-state index < -0.39 is 11.9 Å². The van der Waals surface area contributed by atoms with Crippen LogP contribution in [-0.4, -0.2) is 11.1 Å². The summed E-state index contributed by atoms with van der Waals surface area (Å²) in [6, 6.07) is 9.91. The van der Waals surface area contributed by atoms with E-state index in [4.69, 9.17) is 5.11 Å². The summed E-state index contributed by atoms with van der Waals surface area (Å²) in [7, 11) is 0. The van der Waals surface area contributed by atoms with Crippen molar-refractivity contribution in [3.05, 3.63) is 56.2 Å². The molecular formula is C14H13BrO2S. The van der Waals surface area contributed by atoms with Crippen LogP contribution < -0.4 is 0 Å². The van der Waals surface area contributed by atoms with Crippen LogP contribution in [0.25, 0.3) is 0 Å². The molecule has 94 valence electrons. The molecule has 0 saturated carbocycles. The number of aliphatic carboxylic acids is 1. The molecule has 0 aliphatic rings. The minimum atomic E-state index is -0.787. The van der Waals surface area contributed by atoms with Crippen LogP contribution in [0, 0.1) is 0 Å². The molecule has 1 aromatic heterocycles. The van der Waals surface area contributed by atoms with Gasteiger partial charge in [0.15, 0.2) is 0 Å². The van der Waals surface area contributed by atoms with Gasteiger partial charge in [0.05, 0.1) is 5.92 Å². The minimum absolute atomic E-state index is 0.449. The normalized spacial score (nSPS) is 12.3. The van der Waals surface area contributed by atoms with E-state index >= 15 is 0 Å². The molecule has 0 aliphatic carbocycles. The Morgan fingerprint density at radius 2 is 2.06 bits per heavy atom. The fourth-order valence-electron chi connectivity index (χ4n) is 1.71. The number of carbonyl (C=O) groups is 1. The molecule has 1 unspecified atom stereocenters. The Hall–Kier alpha value is -1.13. The SMILES string of the molecule is CC(C(=O)O)c1ccc(Cc2cc(Br)cs2)cc1. The maximum absolute atomic E-state index is 10.9. The van der Waals surface area contributed by atoms with Crippen molar-refractivity contribution < 1.29 is 9.90 Å². The van der Waals surface area contributed by atoms with E-state index in [0.717, 1.165) is 16.5 Å². The van der Waals surface area contributed by atoms with Gasteiger partial charge in [-0.15, -0.1) is 11.3 Å². The zero-order valence-electron chi connectivity index (χ0n) is 9.89. The second-order valence-electron chi connectivity index (χ2n) is 4.21. The van der Waals surface area contributed by atoms with Gasteiger partial charge in [-0.1, -0.05) is 24.3 Å². The summed E-state index contributed by atoms with van der Waals surface area (Å²) in [4.78, 5) is 12.2. The average Bonchev–Trinajstić information content (AvgIpc) is 2.75. The van der Waals surface area contributed by atoms with Gasteiger partial charge in [-0.3, -0.25) is 4.79 Å². The molecule has 1 atom stereocenters. The largest absolute Gasteiger partial charge is 0.481 e. The zero-order valence-corrected chi connectivity index (χ0v) is 12.3. The third-order valence-electron chi connectivity index (χ3n) is 2.85. The lowest BCUT2D eigenvalue weighted by molar-refractivity contribution is -0.138. The first-order valence-electron chi connectivity index (χ1n) is 5.61. The smallest absolute Gasteiger partial charge is 0.310 e. The molecule has 0 fully saturated rings. The van der Waals surface area contributed by atoms with Crippen LogP contribution in [0.4, 0.5) is 0 Å². The van der Waals surface area contributed by atoms with Gasteiger partial charge in [-0.05, 0) is 40.0 Å². The van der Waals surface area contributed by atoms with Crippen molar-refractivity contribution in [1.82, 2.24) is 0 Å². The maximum atomic E-state index is 10.9. The van der Waals surface area contributed by atoms with Crippen molar-refractivity contribution in [1.29, 1.82) is 0 Å². The van der Waals surface area contributed by atoms with Gasteiger partial charge < -0.3 is 5.11 Å². The molecule has 0 saturated heterocycles. The van der Waals surface area contributed by atoms with Crippen LogP contribution in [0.1, 0.15) is 28.8 Å². The van der Waals surface area contributed by atoms with Gasteiger partial charge in [-0.25, -0.2) is 0 Å². The van der Waals surface area contributed by atoms with Crippen molar-refractivity contribution in [3.8, 4) is 0 Å². The van der Waals surface area contributed by atoms with E-state index in [9.17, 15) is 4.79 Å². The predicted octanol–water partition coefficient (Wildman–Crippen LogP) is 4.29. The second kappa shape index (κ2) is 5.67. The zero-order chi connectivity index (χ0) is 13.1. The quantitative estimate of drug-likeness (QED) is 0.910. The van der Waals surface area contributed by atoms with Gasteiger partial charge in [0.25, 0.3) is 0 Å². The molecule has 1 heterocycles. The number of carboxylic acid groups (broad SMARTS) is 1. The number of hydrogen-bond donors (Lipinski definition) is 1. The highest BCUT2D eigenvalue weighted by Crippen LogP contribution is 2.23. The summed E-state index contributed by atoms with van der Waals surface area (Å²) in [5.41, 5.74) is 2.05. The summed E-state index contributed by atoms with van der Waals surface area (Å²) < 4.78 is 1.11. The van der Waals surface area contributed by atoms with E-state index in [0.29, 0.717) is 0 Å². The molecule has 0 amide bonds. The number of thiophene rings is 1. The third-order valence-corrected chi connectivity index (χ3v) is 4.55. The number of benzene rings is 1. The highest BCUT2D eigenvalue weighted by Gasteiger charge is 2.13. The summed E-state index contributed by atoms with van der Waals surface area (Å²) in [6.07, 6.45) is 0.887. The first-order valence-corrected chi connectivity index (χ1v) is 7.28. The van der Waals surface area contributed by atoms with Crippen molar-refractivity contribution in [2.45, 2.75) is 19.3 Å². The van der Waals surface area contributed by atoms with Crippen LogP contribution >= 0.6 is 27.3 Å². The van der Waals surface area contributed by atoms with Gasteiger partial charge in [0.1, 0.15) is 0 Å². The Labute approximate surface area is 118 Å². The third kappa shape index (κ3) is 3.21. The fraction of sp³-hybridized carbons (Fsp3) is 0.214. The molecule has 4 heteroatoms. The lowest BCUT2D eigenvalue weighted by atomic mass is 9.99. The molecule has 2 nitrogen and oxygen atoms in total. The summed E-state index contributed by atoms with van der Waals surface area (Å²) in [5.74, 6) is -1.24. The molecule has 0 aliphatic heterocycles. The Balaban J connectivity index is 2.10. The topological polar surface area (TPSA) is 37.3 Å². The van der Waals surface area contributed by atoms with E-state index in [1.807, 2.05) is 24.3 Å². The molecular weight excluding hydrogens is 312 g/mol. The summed E-state index contributed by atoms with van der Waals surface area (Å²) in [6.45, 7) is 1.70. The van der Waals surface area contributed by atoms with Crippen molar-refractivity contribution in [2.24, 2.45) is 0 Å². The number of halogens is 1. The molecule has 0 radical (unpaired) electrons. The number of rotatable bonds is 4. The Morgan fingerprint density at radius 1 is 1.39 bits per heavy atom. The first kappa shape index (κ1) is 13.3. The van der Waals surface area contributed by atoms with Gasteiger partial charge in [0, 0.05) is 21.2 Å². The van der Waals surface area contributed by atoms with Crippen LogP contribution in [0.3, 0.4) is 0 Å². The van der Waals surface area contributed by atoms with Crippen LogP contribution in [-0.2, 0) is 11.2 Å². The predicted molar refractivity (Wildman–Crippen MR) is 77.3 cm³/mol. The highest BCUT2D eigenvalue weighted by molar-refractivity contribution is 9.10. The van der Waals surface area contributed by atoms with Gasteiger partial charge >= 0.3 is 5.97 Å². The van der Waals surface area contributed by atoms with Crippen LogP contribution in [0.2, 0.25) is 0 Å². The van der Waals surface area contributed by atoms with E-state index in [1.165, 1.54) is 10.4 Å². The Bertz CT molecular complexity index is 545. The number of carboxylic acids is 1. The van der Waals surface area contributed by atoms with Crippen LogP contribution in [0.5, 0.6) is 0 Å². The molecule has 2 rings (SSSR count). The molecule has 1 aromatic carbocycles. The van der Waals surface area contributed by atoms with Crippen molar-refractivity contribution in [3.63, 3.8) is 0 Å². The molecule has 18 heavy (non-hydrogen) atoms. The Kier molecular flexibility index (Phi) is 4.19. The lowest BCUT2D eigenvalue weighted by Gasteiger charge is -2.07. The lowest BCUT2D eigenvalue weighted by Crippen LogP contribution is -2.07. The van der Waals surface area contributed by atoms with E-state index in [1.54, 1.807) is 18.3 Å². The molecule has 0 bridgehead atoms.